The summed E-state index contributed by atoms with van der Waals surface area (Å²) < 4.78 is 6.25. The number of benzene rings is 2. The van der Waals surface area contributed by atoms with E-state index in [0.717, 1.165) is 28.2 Å². The molecule has 9 amide bonds. The second-order valence-electron chi connectivity index (χ2n) is 22.8. The molecule has 10 heterocycles. The molecule has 2 saturated heterocycles. The minimum Gasteiger partial charge on any atom is -0.508 e. The van der Waals surface area contributed by atoms with Gasteiger partial charge in [-0.05, 0) is 81.3 Å². The number of aromatic hydroxyl groups is 1. The predicted octanol–water partition coefficient (Wildman–Crippen LogP) is 5.41. The SMILES string of the molecule is C=C(NC(=O)c1csc(-c2ccc3c(n2)-c2csc(n2)-c2csc(n2)[C@@H]2CCCN2C(=O)[C@H](Cc2ccc(O)cc2)NC(=O)C2CSC(=N2)[C@H](Cc2ccccc2)NC(=O)c2csc(n2)[C@H](CC(N)=O)NC(=O)c2nc-3oc2C)n1)C(=O)N[C@@H](C)C(=O)N1CCC[C@@H]1C(N)=O. The van der Waals surface area contributed by atoms with Crippen LogP contribution in [0.15, 0.2) is 110 Å². The molecule has 2 fully saturated rings. The van der Waals surface area contributed by atoms with Crippen LogP contribution in [0.3, 0.4) is 0 Å². The van der Waals surface area contributed by atoms with Gasteiger partial charge in [0.1, 0.15) is 84.2 Å². The number of phenolic OH excluding ortho intramolecular Hbond substituents is 1. The highest BCUT2D eigenvalue weighted by molar-refractivity contribution is 8.14. The lowest BCUT2D eigenvalue weighted by Crippen LogP contribution is -2.52. The molecule has 1 unspecified atom stereocenters. The molecule has 0 aliphatic carbocycles. The van der Waals surface area contributed by atoms with E-state index in [9.17, 15) is 43.5 Å². The smallest absolute Gasteiger partial charge is 0.275 e. The van der Waals surface area contributed by atoms with Crippen LogP contribution in [-0.4, -0.2) is 152 Å². The number of hydrogen-bond acceptors (Lipinski definition) is 23. The molecular weight excluding hydrogens is 1320 g/mol. The molecule has 0 radical (unpaired) electrons. The molecule has 10 bridgehead atoms. The van der Waals surface area contributed by atoms with E-state index in [2.05, 4.69) is 48.1 Å². The van der Waals surface area contributed by atoms with Crippen molar-refractivity contribution in [2.45, 2.75) is 101 Å². The van der Waals surface area contributed by atoms with Gasteiger partial charge in [0.25, 0.3) is 23.6 Å². The Labute approximate surface area is 561 Å². The van der Waals surface area contributed by atoms with Crippen LogP contribution in [0, 0.1) is 6.92 Å². The maximum Gasteiger partial charge on any atom is 0.275 e. The zero-order chi connectivity index (χ0) is 66.8. The third kappa shape index (κ3) is 14.4. The fourth-order valence-electron chi connectivity index (χ4n) is 11.4. The number of fused-ring (bicyclic) bond motifs is 15. The third-order valence-electron chi connectivity index (χ3n) is 16.1. The third-order valence-corrected chi connectivity index (χ3v) is 20.9. The average molecular weight is 1380 g/mol. The second-order valence-corrected chi connectivity index (χ2v) is 27.3. The summed E-state index contributed by atoms with van der Waals surface area (Å²) in [5.74, 6) is -5.50. The van der Waals surface area contributed by atoms with E-state index >= 15 is 4.79 Å². The van der Waals surface area contributed by atoms with Gasteiger partial charge in [0, 0.05) is 46.8 Å². The molecule has 27 nitrogen and oxygen atoms in total. The molecule has 4 aliphatic rings. The van der Waals surface area contributed by atoms with Crippen LogP contribution in [0.5, 0.6) is 5.75 Å². The lowest BCUT2D eigenvalue weighted by Gasteiger charge is -2.29. The molecule has 10 N–H and O–H groups in total. The molecule has 0 spiro atoms. The molecule has 32 heteroatoms. The number of rotatable bonds is 13. The number of aromatic nitrogens is 6. The lowest BCUT2D eigenvalue weighted by atomic mass is 10.0. The Morgan fingerprint density at radius 1 is 0.726 bits per heavy atom. The van der Waals surface area contributed by atoms with Crippen LogP contribution in [-0.2, 0) is 41.6 Å². The largest absolute Gasteiger partial charge is 0.508 e. The maximum absolute atomic E-state index is 15.1. The Balaban J connectivity index is 0.875. The molecule has 12 rings (SSSR count). The van der Waals surface area contributed by atoms with Crippen molar-refractivity contribution < 1.29 is 52.7 Å². The number of thioether (sulfide) groups is 1. The van der Waals surface area contributed by atoms with Gasteiger partial charge in [-0.3, -0.25) is 48.1 Å². The molecule has 7 atom stereocenters. The fraction of sp³-hybridized carbons (Fsp3) is 0.302. The summed E-state index contributed by atoms with van der Waals surface area (Å²) in [7, 11) is 0. The van der Waals surface area contributed by atoms with Crippen molar-refractivity contribution in [1.29, 1.82) is 0 Å². The zero-order valence-corrected chi connectivity index (χ0v) is 54.8. The predicted molar refractivity (Wildman–Crippen MR) is 355 cm³/mol. The van der Waals surface area contributed by atoms with E-state index in [1.807, 2.05) is 35.7 Å². The molecule has 95 heavy (non-hydrogen) atoms. The van der Waals surface area contributed by atoms with Crippen LogP contribution in [0.1, 0.15) is 109 Å². The van der Waals surface area contributed by atoms with Gasteiger partial charge in [0.05, 0.1) is 46.5 Å². The summed E-state index contributed by atoms with van der Waals surface area (Å²) >= 11 is 6.00. The summed E-state index contributed by atoms with van der Waals surface area (Å²) in [6, 6.07) is 12.9. The molecule has 2 aromatic carbocycles. The van der Waals surface area contributed by atoms with Crippen LogP contribution in [0.4, 0.5) is 0 Å². The number of carbonyl (C=O) groups is 9. The van der Waals surface area contributed by atoms with Crippen molar-refractivity contribution in [3.63, 3.8) is 0 Å². The number of carbonyl (C=O) groups excluding carboxylic acids is 9. The summed E-state index contributed by atoms with van der Waals surface area (Å²) in [4.78, 5) is 160. The Morgan fingerprint density at radius 2 is 1.42 bits per heavy atom. The number of nitrogens with two attached hydrogens (primary N) is 2. The number of oxazole rings is 1. The lowest BCUT2D eigenvalue weighted by molar-refractivity contribution is -0.139. The first-order valence-electron chi connectivity index (χ1n) is 30.0. The number of phenols is 1. The van der Waals surface area contributed by atoms with Gasteiger partial charge < -0.3 is 57.4 Å². The van der Waals surface area contributed by atoms with Crippen LogP contribution >= 0.6 is 57.1 Å². The summed E-state index contributed by atoms with van der Waals surface area (Å²) in [5.41, 5.74) is 13.7. The van der Waals surface area contributed by atoms with E-state index in [1.54, 1.807) is 34.5 Å². The summed E-state index contributed by atoms with van der Waals surface area (Å²) in [6.07, 6.45) is 2.19. The maximum atomic E-state index is 15.1. The highest BCUT2D eigenvalue weighted by Gasteiger charge is 2.40. The number of hydrogen-bond donors (Lipinski definition) is 8. The molecule has 0 saturated carbocycles. The number of nitrogens with one attached hydrogen (secondary N) is 5. The zero-order valence-electron chi connectivity index (χ0n) is 50.7. The topological polar surface area (TPSA) is 395 Å². The van der Waals surface area contributed by atoms with E-state index in [4.69, 9.17) is 35.8 Å². The Kier molecular flexibility index (Phi) is 19.2. The van der Waals surface area contributed by atoms with Crippen molar-refractivity contribution in [2.75, 3.05) is 18.8 Å². The second kappa shape index (κ2) is 28.0. The van der Waals surface area contributed by atoms with Crippen molar-refractivity contribution in [2.24, 2.45) is 16.5 Å². The van der Waals surface area contributed by atoms with E-state index in [1.165, 1.54) is 76.1 Å². The summed E-state index contributed by atoms with van der Waals surface area (Å²) in [6.45, 7) is 7.35. The van der Waals surface area contributed by atoms with Crippen molar-refractivity contribution in [1.82, 2.24) is 66.3 Å². The minimum absolute atomic E-state index is 0.0312. The highest BCUT2D eigenvalue weighted by atomic mass is 32.2. The number of amides is 9. The number of aliphatic imine (C=N–C) groups is 1. The molecular formula is C63H60N16O11S5. The number of likely N-dealkylation sites (tertiary alicyclic amines) is 1. The monoisotopic (exact) mass is 1380 g/mol. The van der Waals surface area contributed by atoms with E-state index in [-0.39, 0.29) is 91.6 Å². The van der Waals surface area contributed by atoms with Crippen molar-refractivity contribution in [3.8, 4) is 50.0 Å². The van der Waals surface area contributed by atoms with Gasteiger partial charge in [0.15, 0.2) is 5.69 Å². The Morgan fingerprint density at radius 3 is 2.20 bits per heavy atom. The van der Waals surface area contributed by atoms with Gasteiger partial charge in [-0.15, -0.1) is 57.1 Å². The van der Waals surface area contributed by atoms with Crippen molar-refractivity contribution in [3.05, 3.63) is 145 Å². The van der Waals surface area contributed by atoms with E-state index in [0.29, 0.717) is 70.8 Å². The molecule has 4 aliphatic heterocycles. The van der Waals surface area contributed by atoms with Gasteiger partial charge in [-0.2, -0.15) is 0 Å². The minimum atomic E-state index is -1.13. The highest BCUT2D eigenvalue weighted by Crippen LogP contribution is 2.40. The molecule has 8 aromatic rings. The number of pyridine rings is 1. The molecule has 6 aromatic heterocycles. The first-order valence-corrected chi connectivity index (χ1v) is 34.5. The average Bonchev–Trinajstić information content (AvgIpc) is 1.68. The Bertz CT molecular complexity index is 4390. The number of aryl methyl sites for hydroxylation is 1. The first-order chi connectivity index (χ1) is 45.7. The first kappa shape index (κ1) is 65.2. The van der Waals surface area contributed by atoms with Crippen LogP contribution in [0.25, 0.3) is 44.2 Å². The summed E-state index contributed by atoms with van der Waals surface area (Å²) in [5, 5.41) is 32.6. The fourth-order valence-corrected chi connectivity index (χ4v) is 15.9. The number of primary amides is 2. The number of nitrogens with zero attached hydrogens (tertiary/aromatic N) is 9. The van der Waals surface area contributed by atoms with E-state index < -0.39 is 96.0 Å². The van der Waals surface area contributed by atoms with Crippen molar-refractivity contribution >= 4 is 115 Å². The normalized spacial score (nSPS) is 20.2. The van der Waals surface area contributed by atoms with Crippen LogP contribution in [0.2, 0.25) is 0 Å². The van der Waals surface area contributed by atoms with Gasteiger partial charge in [-0.25, -0.2) is 29.9 Å². The Hall–Kier alpha value is -9.89. The van der Waals surface area contributed by atoms with Gasteiger partial charge in [-0.1, -0.05) is 49.0 Å². The molecule has 488 valence electrons. The van der Waals surface area contributed by atoms with Crippen LogP contribution < -0.4 is 38.1 Å². The van der Waals surface area contributed by atoms with Gasteiger partial charge >= 0.3 is 0 Å². The standard InChI is InChI=1S/C63H60N16O11S5/c1-29(51(83)67-30(2)62(88)78-19-7-11-45(78)50(65)82)66-52(84)41-25-92-57(73-41)36-18-17-35-49(68-36)40-24-91-60(72-40)44-28-95-61(76-44)46-12-8-20-79(46)63(89)39(22-33-13-15-34(80)16-14-33)71-54(86)43-27-93-58(74-43)37(21-32-9-5-4-6-10-32)69-53(85)42-26-94-59(75-42)38(23-47(64)81)70-55(87)48-31(3)90-56(35)77-48/h4-6,9-10,13-18,24-26,28,30,37-39,43,45-46,80H,1,7-8,11-12,19-23,27H2,2-3H3,(H2,64,81)(H2,65,82)(H,66,84)(H,67,83)(H,69,85)(H,70,87)(H,71,86)/t30-,37-,38-,39-,43?,45+,46-/m0/s1. The number of thiazole rings is 4. The van der Waals surface area contributed by atoms with Gasteiger partial charge in [0.2, 0.25) is 35.4 Å². The quantitative estimate of drug-likeness (QED) is 0.0669.